The molecule has 3 nitrogen and oxygen atoms in total. The predicted octanol–water partition coefficient (Wildman–Crippen LogP) is 3.64. The maximum Gasteiger partial charge on any atom is 0.123 e. The Bertz CT molecular complexity index is 635. The lowest BCUT2D eigenvalue weighted by atomic mass is 10.0. The summed E-state index contributed by atoms with van der Waals surface area (Å²) in [4.78, 5) is 7.03. The molecule has 1 N–H and O–H groups in total. The van der Waals surface area contributed by atoms with Crippen molar-refractivity contribution in [2.45, 2.75) is 45.2 Å². The fourth-order valence-electron chi connectivity index (χ4n) is 3.22. The lowest BCUT2D eigenvalue weighted by molar-refractivity contribution is 0.191. The minimum absolute atomic E-state index is 0.141. The van der Waals surface area contributed by atoms with Gasteiger partial charge in [-0.1, -0.05) is 19.1 Å². The van der Waals surface area contributed by atoms with Crippen LogP contribution in [0.5, 0.6) is 0 Å². The lowest BCUT2D eigenvalue weighted by Gasteiger charge is -2.32. The molecule has 1 aliphatic heterocycles. The maximum atomic E-state index is 13.3. The minimum atomic E-state index is -0.141. The van der Waals surface area contributed by atoms with E-state index in [1.807, 2.05) is 6.07 Å². The van der Waals surface area contributed by atoms with E-state index in [0.717, 1.165) is 57.4 Å². The Hall–Kier alpha value is -1.30. The van der Waals surface area contributed by atoms with Crippen molar-refractivity contribution in [2.24, 2.45) is 0 Å². The molecule has 130 valence electrons. The summed E-state index contributed by atoms with van der Waals surface area (Å²) in [6.07, 6.45) is 4.36. The van der Waals surface area contributed by atoms with Crippen molar-refractivity contribution in [1.82, 2.24) is 15.2 Å². The molecule has 2 heterocycles. The summed E-state index contributed by atoms with van der Waals surface area (Å²) in [7, 11) is 0. The summed E-state index contributed by atoms with van der Waals surface area (Å²) in [5.74, 6) is -0.141. The van der Waals surface area contributed by atoms with Crippen molar-refractivity contribution < 1.29 is 4.39 Å². The third-order valence-electron chi connectivity index (χ3n) is 4.60. The normalized spacial score (nSPS) is 16.6. The van der Waals surface area contributed by atoms with E-state index in [1.54, 1.807) is 23.5 Å². The zero-order valence-corrected chi connectivity index (χ0v) is 15.1. The summed E-state index contributed by atoms with van der Waals surface area (Å²) in [5.41, 5.74) is 2.28. The number of hydrogen-bond donors (Lipinski definition) is 1. The first-order valence-electron chi connectivity index (χ1n) is 8.86. The molecule has 0 aliphatic carbocycles. The number of benzene rings is 1. The maximum absolute atomic E-state index is 13.3. The molecule has 5 heteroatoms. The molecule has 3 rings (SSSR count). The van der Waals surface area contributed by atoms with Crippen LogP contribution >= 0.6 is 11.3 Å². The van der Waals surface area contributed by atoms with Crippen molar-refractivity contribution in [3.8, 4) is 0 Å². The van der Waals surface area contributed by atoms with Gasteiger partial charge in [0, 0.05) is 30.9 Å². The van der Waals surface area contributed by atoms with Crippen LogP contribution in [0, 0.1) is 5.82 Å². The zero-order valence-electron chi connectivity index (χ0n) is 14.3. The first kappa shape index (κ1) is 17.5. The smallest absolute Gasteiger partial charge is 0.123 e. The highest BCUT2D eigenvalue weighted by atomic mass is 32.1. The summed E-state index contributed by atoms with van der Waals surface area (Å²) in [5, 5.41) is 7.08. The van der Waals surface area contributed by atoms with E-state index in [4.69, 9.17) is 0 Å². The summed E-state index contributed by atoms with van der Waals surface area (Å²) in [6, 6.07) is 7.54. The average Bonchev–Trinajstić information content (AvgIpc) is 3.05. The molecule has 0 atom stereocenters. The highest BCUT2D eigenvalue weighted by Gasteiger charge is 2.18. The molecule has 1 fully saturated rings. The Morgan fingerprint density at radius 3 is 2.88 bits per heavy atom. The molecule has 0 spiro atoms. The Morgan fingerprint density at radius 1 is 1.33 bits per heavy atom. The van der Waals surface area contributed by atoms with Gasteiger partial charge in [-0.25, -0.2) is 9.37 Å². The number of likely N-dealkylation sites (tertiary alicyclic amines) is 1. The van der Waals surface area contributed by atoms with Gasteiger partial charge in [0.05, 0.1) is 10.7 Å². The fraction of sp³-hybridized carbons (Fsp3) is 0.526. The quantitative estimate of drug-likeness (QED) is 0.829. The van der Waals surface area contributed by atoms with Crippen LogP contribution in [0.4, 0.5) is 4.39 Å². The predicted molar refractivity (Wildman–Crippen MR) is 97.9 cm³/mol. The Morgan fingerprint density at radius 2 is 2.17 bits per heavy atom. The van der Waals surface area contributed by atoms with Gasteiger partial charge in [-0.3, -0.25) is 4.90 Å². The van der Waals surface area contributed by atoms with Crippen molar-refractivity contribution in [3.05, 3.63) is 51.7 Å². The van der Waals surface area contributed by atoms with Gasteiger partial charge in [-0.2, -0.15) is 0 Å². The van der Waals surface area contributed by atoms with Gasteiger partial charge >= 0.3 is 0 Å². The summed E-state index contributed by atoms with van der Waals surface area (Å²) < 4.78 is 13.3. The number of thiazole rings is 1. The van der Waals surface area contributed by atoms with Gasteiger partial charge in [-0.15, -0.1) is 11.3 Å². The van der Waals surface area contributed by atoms with Gasteiger partial charge in [0.15, 0.2) is 0 Å². The number of nitrogens with one attached hydrogen (secondary N) is 1. The van der Waals surface area contributed by atoms with Gasteiger partial charge in [0.25, 0.3) is 0 Å². The van der Waals surface area contributed by atoms with E-state index >= 15 is 0 Å². The molecular formula is C19H26FN3S. The molecule has 2 aromatic rings. The van der Waals surface area contributed by atoms with Crippen LogP contribution < -0.4 is 5.32 Å². The average molecular weight is 348 g/mol. The first-order chi connectivity index (χ1) is 11.7. The largest absolute Gasteiger partial charge is 0.313 e. The van der Waals surface area contributed by atoms with Crippen molar-refractivity contribution in [2.75, 3.05) is 19.6 Å². The third kappa shape index (κ3) is 5.10. The van der Waals surface area contributed by atoms with Gasteiger partial charge < -0.3 is 5.32 Å². The molecule has 1 aromatic heterocycles. The SMILES string of the molecule is CCc1nc(CCNC2CCN(Cc3cccc(F)c3)CC2)cs1. The number of halogens is 1. The molecular weight excluding hydrogens is 321 g/mol. The minimum Gasteiger partial charge on any atom is -0.313 e. The van der Waals surface area contributed by atoms with Crippen LogP contribution in [0.1, 0.15) is 36.0 Å². The van der Waals surface area contributed by atoms with E-state index in [9.17, 15) is 4.39 Å². The van der Waals surface area contributed by atoms with Crippen molar-refractivity contribution in [1.29, 1.82) is 0 Å². The number of piperidine rings is 1. The molecule has 0 bridgehead atoms. The second kappa shape index (κ2) is 8.70. The molecule has 0 amide bonds. The number of hydrogen-bond acceptors (Lipinski definition) is 4. The van der Waals surface area contributed by atoms with Crippen molar-refractivity contribution in [3.63, 3.8) is 0 Å². The fourth-order valence-corrected chi connectivity index (χ4v) is 4.00. The van der Waals surface area contributed by atoms with E-state index in [1.165, 1.54) is 16.8 Å². The number of rotatable bonds is 7. The Labute approximate surface area is 147 Å². The summed E-state index contributed by atoms with van der Waals surface area (Å²) >= 11 is 1.77. The van der Waals surface area contributed by atoms with Crippen LogP contribution in [-0.2, 0) is 19.4 Å². The van der Waals surface area contributed by atoms with Crippen LogP contribution in [0.15, 0.2) is 29.6 Å². The van der Waals surface area contributed by atoms with Gasteiger partial charge in [-0.05, 0) is 50.0 Å². The standard InChI is InChI=1S/C19H26FN3S/c1-2-19-22-18(14-24-19)6-9-21-17-7-10-23(11-8-17)13-15-4-3-5-16(20)12-15/h3-5,12,14,17,21H,2,6-11,13H2,1H3. The molecule has 0 radical (unpaired) electrons. The molecule has 1 saturated heterocycles. The number of aromatic nitrogens is 1. The van der Waals surface area contributed by atoms with E-state index < -0.39 is 0 Å². The lowest BCUT2D eigenvalue weighted by Crippen LogP contribution is -2.42. The van der Waals surface area contributed by atoms with Crippen LogP contribution in [0.25, 0.3) is 0 Å². The second-order valence-electron chi connectivity index (χ2n) is 6.47. The Kier molecular flexibility index (Phi) is 6.35. The van der Waals surface area contributed by atoms with E-state index in [0.29, 0.717) is 6.04 Å². The monoisotopic (exact) mass is 347 g/mol. The molecule has 1 aromatic carbocycles. The van der Waals surface area contributed by atoms with Crippen molar-refractivity contribution >= 4 is 11.3 Å². The van der Waals surface area contributed by atoms with E-state index in [-0.39, 0.29) is 5.82 Å². The van der Waals surface area contributed by atoms with Gasteiger partial charge in [0.1, 0.15) is 5.82 Å². The van der Waals surface area contributed by atoms with Crippen LogP contribution in [0.2, 0.25) is 0 Å². The highest BCUT2D eigenvalue weighted by molar-refractivity contribution is 7.09. The highest BCUT2D eigenvalue weighted by Crippen LogP contribution is 2.15. The second-order valence-corrected chi connectivity index (χ2v) is 7.41. The molecule has 0 saturated carbocycles. The summed E-state index contributed by atoms with van der Waals surface area (Å²) in [6.45, 7) is 6.15. The molecule has 24 heavy (non-hydrogen) atoms. The zero-order chi connectivity index (χ0) is 16.8. The number of nitrogens with zero attached hydrogens (tertiary/aromatic N) is 2. The molecule has 1 aliphatic rings. The van der Waals surface area contributed by atoms with Crippen LogP contribution in [0.3, 0.4) is 0 Å². The molecule has 0 unspecified atom stereocenters. The Balaban J connectivity index is 1.36. The van der Waals surface area contributed by atoms with E-state index in [2.05, 4.69) is 27.5 Å². The number of aryl methyl sites for hydroxylation is 1. The first-order valence-corrected chi connectivity index (χ1v) is 9.74. The van der Waals surface area contributed by atoms with Gasteiger partial charge in [0.2, 0.25) is 0 Å². The topological polar surface area (TPSA) is 28.2 Å². The third-order valence-corrected chi connectivity index (χ3v) is 5.64. The van der Waals surface area contributed by atoms with Crippen LogP contribution in [-0.4, -0.2) is 35.6 Å².